The van der Waals surface area contributed by atoms with E-state index < -0.39 is 6.10 Å². The SMILES string of the molecule is COc1ccccc1[C@@H](C)NC(=O)CCC(C)O. The number of aliphatic hydroxyl groups excluding tert-OH is 1. The zero-order chi connectivity index (χ0) is 13.5. The van der Waals surface area contributed by atoms with Crippen LogP contribution in [0, 0.1) is 0 Å². The van der Waals surface area contributed by atoms with E-state index >= 15 is 0 Å². The van der Waals surface area contributed by atoms with Gasteiger partial charge in [0.25, 0.3) is 0 Å². The van der Waals surface area contributed by atoms with Crippen molar-refractivity contribution in [1.29, 1.82) is 0 Å². The highest BCUT2D eigenvalue weighted by atomic mass is 16.5. The van der Waals surface area contributed by atoms with E-state index in [1.807, 2.05) is 31.2 Å². The first kappa shape index (κ1) is 14.5. The molecule has 1 rings (SSSR count). The summed E-state index contributed by atoms with van der Waals surface area (Å²) >= 11 is 0. The number of nitrogens with one attached hydrogen (secondary N) is 1. The van der Waals surface area contributed by atoms with Gasteiger partial charge in [-0.25, -0.2) is 0 Å². The molecule has 0 aliphatic rings. The number of rotatable bonds is 6. The Morgan fingerprint density at radius 3 is 2.67 bits per heavy atom. The quantitative estimate of drug-likeness (QED) is 0.813. The molecule has 4 heteroatoms. The van der Waals surface area contributed by atoms with Gasteiger partial charge < -0.3 is 15.2 Å². The van der Waals surface area contributed by atoms with E-state index in [4.69, 9.17) is 9.84 Å². The number of carbonyl (C=O) groups excluding carboxylic acids is 1. The van der Waals surface area contributed by atoms with Gasteiger partial charge in [-0.3, -0.25) is 4.79 Å². The summed E-state index contributed by atoms with van der Waals surface area (Å²) in [6.07, 6.45) is 0.360. The third kappa shape index (κ3) is 4.37. The first-order valence-corrected chi connectivity index (χ1v) is 6.15. The number of methoxy groups -OCH3 is 1. The van der Waals surface area contributed by atoms with Crippen molar-refractivity contribution in [2.45, 2.75) is 38.8 Å². The minimum absolute atomic E-state index is 0.0608. The number of hydrogen-bond acceptors (Lipinski definition) is 3. The monoisotopic (exact) mass is 251 g/mol. The average molecular weight is 251 g/mol. The largest absolute Gasteiger partial charge is 0.496 e. The number of benzene rings is 1. The molecule has 100 valence electrons. The summed E-state index contributed by atoms with van der Waals surface area (Å²) in [6.45, 7) is 3.59. The fraction of sp³-hybridized carbons (Fsp3) is 0.500. The molecular formula is C14H21NO3. The number of para-hydroxylation sites is 1. The first-order chi connectivity index (χ1) is 8.54. The van der Waals surface area contributed by atoms with Crippen molar-refractivity contribution in [2.75, 3.05) is 7.11 Å². The summed E-state index contributed by atoms with van der Waals surface area (Å²) < 4.78 is 5.25. The van der Waals surface area contributed by atoms with E-state index in [-0.39, 0.29) is 11.9 Å². The molecule has 1 amide bonds. The van der Waals surface area contributed by atoms with Crippen molar-refractivity contribution in [3.05, 3.63) is 29.8 Å². The van der Waals surface area contributed by atoms with Crippen LogP contribution in [0.1, 0.15) is 38.3 Å². The predicted octanol–water partition coefficient (Wildman–Crippen LogP) is 2.03. The molecule has 0 aromatic heterocycles. The Labute approximate surface area is 108 Å². The van der Waals surface area contributed by atoms with E-state index in [2.05, 4.69) is 5.32 Å². The molecule has 18 heavy (non-hydrogen) atoms. The molecule has 4 nitrogen and oxygen atoms in total. The van der Waals surface area contributed by atoms with Crippen LogP contribution < -0.4 is 10.1 Å². The van der Waals surface area contributed by atoms with Crippen molar-refractivity contribution in [3.63, 3.8) is 0 Å². The molecule has 2 N–H and O–H groups in total. The van der Waals surface area contributed by atoms with Gasteiger partial charge in [-0.15, -0.1) is 0 Å². The van der Waals surface area contributed by atoms with Crippen molar-refractivity contribution in [2.24, 2.45) is 0 Å². The Kier molecular flexibility index (Phi) is 5.65. The number of carbonyl (C=O) groups is 1. The van der Waals surface area contributed by atoms with Crippen molar-refractivity contribution in [3.8, 4) is 5.75 Å². The zero-order valence-electron chi connectivity index (χ0n) is 11.1. The maximum Gasteiger partial charge on any atom is 0.220 e. The summed E-state index contributed by atoms with van der Waals surface area (Å²) in [5, 5.41) is 12.0. The van der Waals surface area contributed by atoms with Gasteiger partial charge in [0.15, 0.2) is 0 Å². The fourth-order valence-electron chi connectivity index (χ4n) is 1.76. The lowest BCUT2D eigenvalue weighted by atomic mass is 10.1. The second kappa shape index (κ2) is 7.01. The van der Waals surface area contributed by atoms with Gasteiger partial charge in [-0.2, -0.15) is 0 Å². The molecule has 1 aromatic carbocycles. The minimum atomic E-state index is -0.447. The molecule has 2 atom stereocenters. The molecule has 0 saturated heterocycles. The highest BCUT2D eigenvalue weighted by Gasteiger charge is 2.13. The van der Waals surface area contributed by atoms with Crippen LogP contribution in [0.5, 0.6) is 5.75 Å². The number of hydrogen-bond donors (Lipinski definition) is 2. The van der Waals surface area contributed by atoms with Crippen LogP contribution in [-0.4, -0.2) is 24.2 Å². The van der Waals surface area contributed by atoms with Gasteiger partial charge in [0.2, 0.25) is 5.91 Å². The van der Waals surface area contributed by atoms with E-state index in [9.17, 15) is 4.79 Å². The normalized spacial score (nSPS) is 13.8. The van der Waals surface area contributed by atoms with E-state index in [1.54, 1.807) is 14.0 Å². The van der Waals surface area contributed by atoms with Crippen molar-refractivity contribution >= 4 is 5.91 Å². The lowest BCUT2D eigenvalue weighted by Gasteiger charge is -2.17. The summed E-state index contributed by atoms with van der Waals surface area (Å²) in [4.78, 5) is 11.7. The summed E-state index contributed by atoms with van der Waals surface area (Å²) in [5.41, 5.74) is 0.949. The average Bonchev–Trinajstić information content (AvgIpc) is 2.36. The Hall–Kier alpha value is -1.55. The molecule has 0 bridgehead atoms. The van der Waals surface area contributed by atoms with Crippen LogP contribution in [0.15, 0.2) is 24.3 Å². The second-order valence-electron chi connectivity index (χ2n) is 4.42. The predicted molar refractivity (Wildman–Crippen MR) is 70.5 cm³/mol. The van der Waals surface area contributed by atoms with Crippen molar-refractivity contribution < 1.29 is 14.6 Å². The lowest BCUT2D eigenvalue weighted by Crippen LogP contribution is -2.27. The molecule has 0 radical (unpaired) electrons. The third-order valence-electron chi connectivity index (χ3n) is 2.77. The van der Waals surface area contributed by atoms with Gasteiger partial charge in [0.05, 0.1) is 19.3 Å². The standard InChI is InChI=1S/C14H21NO3/c1-10(16)8-9-14(17)15-11(2)12-6-4-5-7-13(12)18-3/h4-7,10-11,16H,8-9H2,1-3H3,(H,15,17)/t10?,11-/m1/s1. The Morgan fingerprint density at radius 1 is 1.39 bits per heavy atom. The molecule has 0 fully saturated rings. The second-order valence-corrected chi connectivity index (χ2v) is 4.42. The van der Waals surface area contributed by atoms with Crippen LogP contribution in [-0.2, 0) is 4.79 Å². The molecule has 1 aromatic rings. The van der Waals surface area contributed by atoms with Crippen LogP contribution in [0.25, 0.3) is 0 Å². The summed E-state index contributed by atoms with van der Waals surface area (Å²) in [5.74, 6) is 0.704. The lowest BCUT2D eigenvalue weighted by molar-refractivity contribution is -0.122. The Balaban J connectivity index is 2.59. The first-order valence-electron chi connectivity index (χ1n) is 6.15. The number of amides is 1. The summed E-state index contributed by atoms with van der Waals surface area (Å²) in [7, 11) is 1.61. The minimum Gasteiger partial charge on any atom is -0.496 e. The van der Waals surface area contributed by atoms with Crippen LogP contribution in [0.2, 0.25) is 0 Å². The van der Waals surface area contributed by atoms with Gasteiger partial charge in [-0.05, 0) is 26.3 Å². The molecule has 0 spiro atoms. The zero-order valence-corrected chi connectivity index (χ0v) is 11.1. The third-order valence-corrected chi connectivity index (χ3v) is 2.77. The van der Waals surface area contributed by atoms with Gasteiger partial charge in [-0.1, -0.05) is 18.2 Å². The van der Waals surface area contributed by atoms with Crippen LogP contribution in [0.4, 0.5) is 0 Å². The van der Waals surface area contributed by atoms with Gasteiger partial charge >= 0.3 is 0 Å². The number of aliphatic hydroxyl groups is 1. The smallest absolute Gasteiger partial charge is 0.220 e. The molecule has 0 aliphatic heterocycles. The fourth-order valence-corrected chi connectivity index (χ4v) is 1.76. The van der Waals surface area contributed by atoms with Gasteiger partial charge in [0.1, 0.15) is 5.75 Å². The van der Waals surface area contributed by atoms with Crippen LogP contribution >= 0.6 is 0 Å². The van der Waals surface area contributed by atoms with Gasteiger partial charge in [0, 0.05) is 12.0 Å². The van der Waals surface area contributed by atoms with E-state index in [1.165, 1.54) is 0 Å². The highest BCUT2D eigenvalue weighted by Crippen LogP contribution is 2.24. The van der Waals surface area contributed by atoms with Crippen molar-refractivity contribution in [1.82, 2.24) is 5.32 Å². The molecule has 0 aliphatic carbocycles. The summed E-state index contributed by atoms with van der Waals surface area (Å²) in [6, 6.07) is 7.50. The van der Waals surface area contributed by atoms with Crippen LogP contribution in [0.3, 0.4) is 0 Å². The topological polar surface area (TPSA) is 58.6 Å². The molecule has 0 saturated carbocycles. The van der Waals surface area contributed by atoms with E-state index in [0.29, 0.717) is 12.8 Å². The highest BCUT2D eigenvalue weighted by molar-refractivity contribution is 5.76. The Bertz CT molecular complexity index is 390. The maximum atomic E-state index is 11.7. The molecular weight excluding hydrogens is 230 g/mol. The maximum absolute atomic E-state index is 11.7. The molecule has 1 unspecified atom stereocenters. The number of ether oxygens (including phenoxy) is 1. The Morgan fingerprint density at radius 2 is 2.06 bits per heavy atom. The van der Waals surface area contributed by atoms with E-state index in [0.717, 1.165) is 11.3 Å². The molecule has 0 heterocycles.